The zero-order valence-electron chi connectivity index (χ0n) is 18.2. The molecule has 0 radical (unpaired) electrons. The molecule has 1 saturated carbocycles. The fourth-order valence-electron chi connectivity index (χ4n) is 3.92. The molecule has 0 amide bonds. The van der Waals surface area contributed by atoms with E-state index in [4.69, 9.17) is 9.47 Å². The van der Waals surface area contributed by atoms with Gasteiger partial charge in [-0.15, -0.1) is 0 Å². The molecule has 0 unspecified atom stereocenters. The van der Waals surface area contributed by atoms with Gasteiger partial charge in [0, 0.05) is 37.6 Å². The third kappa shape index (κ3) is 6.44. The van der Waals surface area contributed by atoms with Crippen LogP contribution in [-0.2, 0) is 24.4 Å². The molecule has 1 aliphatic carbocycles. The lowest BCUT2D eigenvalue weighted by Gasteiger charge is -2.25. The molecule has 0 aliphatic heterocycles. The maximum Gasteiger partial charge on any atom is 0.119 e. The van der Waals surface area contributed by atoms with Gasteiger partial charge in [-0.05, 0) is 48.2 Å². The van der Waals surface area contributed by atoms with Crippen molar-refractivity contribution in [1.82, 2.24) is 9.47 Å². The Morgan fingerprint density at radius 3 is 2.61 bits per heavy atom. The molecule has 1 aliphatic rings. The quantitative estimate of drug-likeness (QED) is 0.480. The van der Waals surface area contributed by atoms with Crippen LogP contribution in [0.2, 0.25) is 0 Å². The molecule has 0 saturated heterocycles. The van der Waals surface area contributed by atoms with Gasteiger partial charge in [-0.25, -0.2) is 0 Å². The van der Waals surface area contributed by atoms with Crippen molar-refractivity contribution in [1.29, 1.82) is 0 Å². The highest BCUT2D eigenvalue weighted by molar-refractivity contribution is 5.29. The maximum atomic E-state index is 10.6. The lowest BCUT2D eigenvalue weighted by Crippen LogP contribution is -2.36. The summed E-state index contributed by atoms with van der Waals surface area (Å²) in [5.74, 6) is 0.879. The van der Waals surface area contributed by atoms with Gasteiger partial charge < -0.3 is 19.1 Å². The molecule has 1 heterocycles. The van der Waals surface area contributed by atoms with Gasteiger partial charge in [-0.3, -0.25) is 4.90 Å². The van der Waals surface area contributed by atoms with Crippen molar-refractivity contribution in [3.63, 3.8) is 0 Å². The number of hydrogen-bond donors (Lipinski definition) is 1. The van der Waals surface area contributed by atoms with Gasteiger partial charge >= 0.3 is 0 Å². The minimum absolute atomic E-state index is 0.350. The highest BCUT2D eigenvalue weighted by atomic mass is 16.5. The van der Waals surface area contributed by atoms with E-state index in [1.54, 1.807) is 7.11 Å². The van der Waals surface area contributed by atoms with Crippen LogP contribution in [0.4, 0.5) is 0 Å². The van der Waals surface area contributed by atoms with Crippen molar-refractivity contribution in [2.24, 2.45) is 0 Å². The molecule has 5 heteroatoms. The Kier molecular flexibility index (Phi) is 7.41. The maximum absolute atomic E-state index is 10.6. The summed E-state index contributed by atoms with van der Waals surface area (Å²) >= 11 is 0. The molecule has 1 N–H and O–H groups in total. The molecule has 1 atom stereocenters. The summed E-state index contributed by atoms with van der Waals surface area (Å²) in [5, 5.41) is 10.6. The first-order chi connectivity index (χ1) is 15.2. The third-order valence-corrected chi connectivity index (χ3v) is 5.71. The van der Waals surface area contributed by atoms with E-state index in [9.17, 15) is 5.11 Å². The standard InChI is InChI=1S/C26H32N2O3/c1-30-26-11-5-9-22(15-26)16-27-14-6-10-24(27)17-28(23-12-13-23)18-25(29)20-31-19-21-7-3-2-4-8-21/h2-11,14-15,23,25,29H,12-13,16-20H2,1H3/t25-/m1/s1. The number of aliphatic hydroxyl groups is 1. The lowest BCUT2D eigenvalue weighted by atomic mass is 10.2. The number of benzene rings is 2. The zero-order valence-corrected chi connectivity index (χ0v) is 18.2. The molecule has 1 fully saturated rings. The van der Waals surface area contributed by atoms with Crippen molar-refractivity contribution in [2.45, 2.75) is 44.7 Å². The molecule has 4 rings (SSSR count). The van der Waals surface area contributed by atoms with E-state index in [0.717, 1.165) is 24.4 Å². The summed E-state index contributed by atoms with van der Waals surface area (Å²) in [5.41, 5.74) is 3.60. The Labute approximate surface area is 184 Å². The predicted octanol–water partition coefficient (Wildman–Crippen LogP) is 4.09. The highest BCUT2D eigenvalue weighted by Gasteiger charge is 2.30. The third-order valence-electron chi connectivity index (χ3n) is 5.71. The smallest absolute Gasteiger partial charge is 0.119 e. The van der Waals surface area contributed by atoms with Crippen LogP contribution in [0, 0.1) is 0 Å². The van der Waals surface area contributed by atoms with Crippen LogP contribution in [0.5, 0.6) is 5.75 Å². The first-order valence-electron chi connectivity index (χ1n) is 11.0. The number of hydrogen-bond acceptors (Lipinski definition) is 4. The Morgan fingerprint density at radius 2 is 1.84 bits per heavy atom. The van der Waals surface area contributed by atoms with Crippen LogP contribution in [-0.4, -0.2) is 47.0 Å². The van der Waals surface area contributed by atoms with Gasteiger partial charge in [-0.2, -0.15) is 0 Å². The molecule has 31 heavy (non-hydrogen) atoms. The average molecular weight is 421 g/mol. The van der Waals surface area contributed by atoms with E-state index in [-0.39, 0.29) is 0 Å². The molecule has 1 aromatic heterocycles. The number of aromatic nitrogens is 1. The largest absolute Gasteiger partial charge is 0.497 e. The summed E-state index contributed by atoms with van der Waals surface area (Å²) in [6.07, 6.45) is 4.04. The Balaban J connectivity index is 1.32. The molecule has 164 valence electrons. The lowest BCUT2D eigenvalue weighted by molar-refractivity contribution is 0.00672. The predicted molar refractivity (Wildman–Crippen MR) is 122 cm³/mol. The summed E-state index contributed by atoms with van der Waals surface area (Å²) in [6, 6.07) is 23.1. The molecule has 5 nitrogen and oxygen atoms in total. The van der Waals surface area contributed by atoms with Crippen LogP contribution in [0.15, 0.2) is 72.9 Å². The molecule has 3 aromatic rings. The topological polar surface area (TPSA) is 46.9 Å². The van der Waals surface area contributed by atoms with E-state index in [2.05, 4.69) is 39.9 Å². The van der Waals surface area contributed by atoms with Gasteiger partial charge in [0.25, 0.3) is 0 Å². The summed E-state index contributed by atoms with van der Waals surface area (Å²) in [6.45, 7) is 3.15. The van der Waals surface area contributed by atoms with E-state index >= 15 is 0 Å². The second-order valence-electron chi connectivity index (χ2n) is 8.29. The first-order valence-corrected chi connectivity index (χ1v) is 11.0. The van der Waals surface area contributed by atoms with Crippen LogP contribution in [0.25, 0.3) is 0 Å². The van der Waals surface area contributed by atoms with E-state index in [1.807, 2.05) is 42.5 Å². The summed E-state index contributed by atoms with van der Waals surface area (Å²) in [4.78, 5) is 2.40. The molecule has 2 aromatic carbocycles. The SMILES string of the molecule is COc1cccc(Cn2cccc2CN(C[C@@H](O)COCc2ccccc2)C2CC2)c1. The second-order valence-corrected chi connectivity index (χ2v) is 8.29. The molecule has 0 spiro atoms. The fraction of sp³-hybridized carbons (Fsp3) is 0.385. The number of aliphatic hydroxyl groups excluding tert-OH is 1. The number of methoxy groups -OCH3 is 1. The van der Waals surface area contributed by atoms with Gasteiger partial charge in [-0.1, -0.05) is 42.5 Å². The van der Waals surface area contributed by atoms with Gasteiger partial charge in [0.2, 0.25) is 0 Å². The van der Waals surface area contributed by atoms with Crippen molar-refractivity contribution >= 4 is 0 Å². The van der Waals surface area contributed by atoms with Crippen molar-refractivity contribution in [2.75, 3.05) is 20.3 Å². The minimum atomic E-state index is -0.494. The van der Waals surface area contributed by atoms with Crippen LogP contribution >= 0.6 is 0 Å². The van der Waals surface area contributed by atoms with Gasteiger partial charge in [0.15, 0.2) is 0 Å². The average Bonchev–Trinajstić information content (AvgIpc) is 3.56. The number of rotatable bonds is 12. The van der Waals surface area contributed by atoms with Crippen LogP contribution in [0.3, 0.4) is 0 Å². The molecular weight excluding hydrogens is 388 g/mol. The Morgan fingerprint density at radius 1 is 1.03 bits per heavy atom. The van der Waals surface area contributed by atoms with E-state index < -0.39 is 6.10 Å². The highest BCUT2D eigenvalue weighted by Crippen LogP contribution is 2.29. The monoisotopic (exact) mass is 420 g/mol. The van der Waals surface area contributed by atoms with Crippen molar-refractivity contribution in [3.8, 4) is 5.75 Å². The fourth-order valence-corrected chi connectivity index (χ4v) is 3.92. The van der Waals surface area contributed by atoms with Crippen LogP contribution < -0.4 is 4.74 Å². The second kappa shape index (κ2) is 10.6. The van der Waals surface area contributed by atoms with E-state index in [0.29, 0.717) is 25.8 Å². The summed E-state index contributed by atoms with van der Waals surface area (Å²) < 4.78 is 13.4. The Bertz CT molecular complexity index is 937. The number of ether oxygens (including phenoxy) is 2. The van der Waals surface area contributed by atoms with Crippen molar-refractivity contribution < 1.29 is 14.6 Å². The molecular formula is C26H32N2O3. The first kappa shape index (κ1) is 21.6. The van der Waals surface area contributed by atoms with Crippen molar-refractivity contribution in [3.05, 3.63) is 89.7 Å². The normalized spacial score (nSPS) is 14.7. The van der Waals surface area contributed by atoms with Gasteiger partial charge in [0.1, 0.15) is 5.75 Å². The summed E-state index contributed by atoms with van der Waals surface area (Å²) in [7, 11) is 1.70. The molecule has 0 bridgehead atoms. The number of nitrogens with zero attached hydrogens (tertiary/aromatic N) is 2. The van der Waals surface area contributed by atoms with Gasteiger partial charge in [0.05, 0.1) is 26.4 Å². The zero-order chi connectivity index (χ0) is 21.5. The Hall–Kier alpha value is -2.60. The van der Waals surface area contributed by atoms with E-state index in [1.165, 1.54) is 24.1 Å². The van der Waals surface area contributed by atoms with Crippen LogP contribution in [0.1, 0.15) is 29.7 Å². The minimum Gasteiger partial charge on any atom is -0.497 e.